The highest BCUT2D eigenvalue weighted by atomic mass is 35.5. The Bertz CT molecular complexity index is 953. The number of carbonyl (C=O) groups is 1. The summed E-state index contributed by atoms with van der Waals surface area (Å²) in [7, 11) is 0. The summed E-state index contributed by atoms with van der Waals surface area (Å²) in [5.74, 6) is -0.558. The quantitative estimate of drug-likeness (QED) is 0.507. The Morgan fingerprint density at radius 1 is 1.30 bits per heavy atom. The summed E-state index contributed by atoms with van der Waals surface area (Å²) >= 11 is 5.92. The number of aliphatic hydroxyl groups is 1. The number of ether oxygens (including phenoxy) is 1. The lowest BCUT2D eigenvalue weighted by molar-refractivity contribution is 0.0664. The van der Waals surface area contributed by atoms with Crippen LogP contribution >= 0.6 is 11.6 Å². The van der Waals surface area contributed by atoms with Crippen LogP contribution < -0.4 is 10.1 Å². The van der Waals surface area contributed by atoms with Crippen LogP contribution in [0.3, 0.4) is 0 Å². The molecule has 0 saturated heterocycles. The van der Waals surface area contributed by atoms with Crippen molar-refractivity contribution < 1.29 is 24.2 Å². The molecule has 3 aromatic rings. The molecule has 3 rings (SSSR count). The molecule has 142 valence electrons. The molecule has 3 N–H and O–H groups in total. The summed E-state index contributed by atoms with van der Waals surface area (Å²) in [6, 6.07) is 12.3. The summed E-state index contributed by atoms with van der Waals surface area (Å²) in [6.07, 6.45) is -0.652. The van der Waals surface area contributed by atoms with Gasteiger partial charge in [0.05, 0.1) is 6.10 Å². The highest BCUT2D eigenvalue weighted by Crippen LogP contribution is 2.28. The van der Waals surface area contributed by atoms with E-state index in [9.17, 15) is 9.90 Å². The summed E-state index contributed by atoms with van der Waals surface area (Å²) in [4.78, 5) is 11.1. The van der Waals surface area contributed by atoms with Crippen LogP contribution in [0.15, 0.2) is 46.9 Å². The van der Waals surface area contributed by atoms with Gasteiger partial charge in [-0.05, 0) is 36.8 Å². The summed E-state index contributed by atoms with van der Waals surface area (Å²) in [5.41, 5.74) is 1.83. The van der Waals surface area contributed by atoms with Gasteiger partial charge in [0.25, 0.3) is 0 Å². The molecule has 6 nitrogen and oxygen atoms in total. The zero-order valence-corrected chi connectivity index (χ0v) is 15.5. The summed E-state index contributed by atoms with van der Waals surface area (Å²) < 4.78 is 11.0. The van der Waals surface area contributed by atoms with Crippen LogP contribution in [-0.2, 0) is 0 Å². The zero-order valence-electron chi connectivity index (χ0n) is 14.7. The normalized spacial score (nSPS) is 12.3. The minimum Gasteiger partial charge on any atom is -0.492 e. The maximum atomic E-state index is 11.1. The van der Waals surface area contributed by atoms with Crippen molar-refractivity contribution >= 4 is 28.5 Å². The predicted octanol–water partition coefficient (Wildman–Crippen LogP) is 3.79. The van der Waals surface area contributed by atoms with E-state index in [0.717, 1.165) is 10.9 Å². The van der Waals surface area contributed by atoms with Crippen LogP contribution in [0.1, 0.15) is 27.8 Å². The predicted molar refractivity (Wildman–Crippen MR) is 103 cm³/mol. The van der Waals surface area contributed by atoms with Crippen LogP contribution in [0.4, 0.5) is 0 Å². The molecular formula is C20H20ClNO5. The second kappa shape index (κ2) is 8.43. The monoisotopic (exact) mass is 389 g/mol. The third-order valence-corrected chi connectivity index (χ3v) is 4.46. The number of carboxylic acid groups (broad SMARTS) is 1. The first-order valence-corrected chi connectivity index (χ1v) is 8.87. The van der Waals surface area contributed by atoms with E-state index in [1.165, 1.54) is 0 Å². The smallest absolute Gasteiger partial charge is 0.372 e. The largest absolute Gasteiger partial charge is 0.492 e. The number of rotatable bonds is 8. The van der Waals surface area contributed by atoms with Crippen molar-refractivity contribution in [3.63, 3.8) is 0 Å². The van der Waals surface area contributed by atoms with E-state index in [2.05, 4.69) is 5.32 Å². The maximum absolute atomic E-state index is 11.1. The number of hydrogen-bond donors (Lipinski definition) is 3. The summed E-state index contributed by atoms with van der Waals surface area (Å²) in [5, 5.41) is 23.7. The number of fused-ring (bicyclic) bond motifs is 1. The molecule has 1 aromatic heterocycles. The Balaban J connectivity index is 1.50. The first kappa shape index (κ1) is 19.2. The SMILES string of the molecule is Cc1c(C(=O)O)oc2cc(OCCNC[C@H](O)c3cccc(Cl)c3)ccc12. The number of aryl methyl sites for hydroxylation is 1. The average Bonchev–Trinajstić information content (AvgIpc) is 2.98. The van der Waals surface area contributed by atoms with Gasteiger partial charge >= 0.3 is 5.97 Å². The Morgan fingerprint density at radius 2 is 2.11 bits per heavy atom. The number of halogens is 1. The fourth-order valence-electron chi connectivity index (χ4n) is 2.81. The van der Waals surface area contributed by atoms with Crippen LogP contribution in [-0.4, -0.2) is 35.9 Å². The fourth-order valence-corrected chi connectivity index (χ4v) is 3.01. The zero-order chi connectivity index (χ0) is 19.4. The molecule has 0 aliphatic carbocycles. The molecule has 0 unspecified atom stereocenters. The Labute approximate surface area is 161 Å². The Morgan fingerprint density at radius 3 is 2.85 bits per heavy atom. The molecule has 1 atom stereocenters. The topological polar surface area (TPSA) is 91.9 Å². The Hall–Kier alpha value is -2.54. The minimum absolute atomic E-state index is 0.0566. The van der Waals surface area contributed by atoms with E-state index >= 15 is 0 Å². The number of carboxylic acids is 1. The van der Waals surface area contributed by atoms with Crippen LogP contribution in [0.2, 0.25) is 5.02 Å². The lowest BCUT2D eigenvalue weighted by Gasteiger charge is -2.13. The number of aliphatic hydroxyl groups excluding tert-OH is 1. The number of benzene rings is 2. The van der Waals surface area contributed by atoms with E-state index < -0.39 is 12.1 Å². The van der Waals surface area contributed by atoms with Gasteiger partial charge in [-0.2, -0.15) is 0 Å². The van der Waals surface area contributed by atoms with Gasteiger partial charge in [-0.3, -0.25) is 0 Å². The molecule has 0 spiro atoms. The van der Waals surface area contributed by atoms with E-state index in [-0.39, 0.29) is 5.76 Å². The van der Waals surface area contributed by atoms with Crippen LogP contribution in [0.5, 0.6) is 5.75 Å². The van der Waals surface area contributed by atoms with Gasteiger partial charge in [0.15, 0.2) is 0 Å². The second-order valence-corrected chi connectivity index (χ2v) is 6.58. The Kier molecular flexibility index (Phi) is 6.01. The van der Waals surface area contributed by atoms with E-state index in [4.69, 9.17) is 25.9 Å². The first-order chi connectivity index (χ1) is 13.0. The fraction of sp³-hybridized carbons (Fsp3) is 0.250. The van der Waals surface area contributed by atoms with Gasteiger partial charge in [-0.25, -0.2) is 4.79 Å². The van der Waals surface area contributed by atoms with Crippen molar-refractivity contribution in [3.8, 4) is 5.75 Å². The average molecular weight is 390 g/mol. The van der Waals surface area contributed by atoms with Gasteiger partial charge in [0, 0.05) is 35.1 Å². The third-order valence-electron chi connectivity index (χ3n) is 4.22. The lowest BCUT2D eigenvalue weighted by atomic mass is 10.1. The van der Waals surface area contributed by atoms with Gasteiger partial charge < -0.3 is 24.7 Å². The van der Waals surface area contributed by atoms with Crippen molar-refractivity contribution in [1.82, 2.24) is 5.32 Å². The molecule has 0 aliphatic rings. The van der Waals surface area contributed by atoms with Crippen molar-refractivity contribution in [2.75, 3.05) is 19.7 Å². The van der Waals surface area contributed by atoms with E-state index in [1.54, 1.807) is 43.3 Å². The summed E-state index contributed by atoms with van der Waals surface area (Å²) in [6.45, 7) is 3.01. The molecule has 0 fully saturated rings. The highest BCUT2D eigenvalue weighted by Gasteiger charge is 2.16. The number of aromatic carboxylic acids is 1. The molecule has 1 heterocycles. The van der Waals surface area contributed by atoms with Gasteiger partial charge in [-0.1, -0.05) is 23.7 Å². The highest BCUT2D eigenvalue weighted by molar-refractivity contribution is 6.30. The third kappa shape index (κ3) is 4.60. The molecule has 2 aromatic carbocycles. The van der Waals surface area contributed by atoms with Gasteiger partial charge in [-0.15, -0.1) is 0 Å². The number of nitrogens with one attached hydrogen (secondary N) is 1. The number of furan rings is 1. The van der Waals surface area contributed by atoms with Crippen molar-refractivity contribution in [2.45, 2.75) is 13.0 Å². The molecule has 0 saturated carbocycles. The van der Waals surface area contributed by atoms with Gasteiger partial charge in [0.2, 0.25) is 5.76 Å². The van der Waals surface area contributed by atoms with Crippen molar-refractivity contribution in [3.05, 3.63) is 64.4 Å². The first-order valence-electron chi connectivity index (χ1n) is 8.49. The minimum atomic E-state index is -1.09. The molecular weight excluding hydrogens is 370 g/mol. The standard InChI is InChI=1S/C20H20ClNO5/c1-12-16-6-5-15(10-18(16)27-19(12)20(24)25)26-8-7-22-11-17(23)13-3-2-4-14(21)9-13/h2-6,9-10,17,22-23H,7-8,11H2,1H3,(H,24,25)/t17-/m0/s1. The van der Waals surface area contributed by atoms with Crippen molar-refractivity contribution in [2.24, 2.45) is 0 Å². The molecule has 7 heteroatoms. The molecule has 0 aliphatic heterocycles. The van der Waals surface area contributed by atoms with Gasteiger partial charge in [0.1, 0.15) is 17.9 Å². The van der Waals surface area contributed by atoms with E-state index in [1.807, 2.05) is 6.07 Å². The number of hydrogen-bond acceptors (Lipinski definition) is 5. The van der Waals surface area contributed by atoms with Crippen LogP contribution in [0.25, 0.3) is 11.0 Å². The lowest BCUT2D eigenvalue weighted by Crippen LogP contribution is -2.26. The van der Waals surface area contributed by atoms with E-state index in [0.29, 0.717) is 41.6 Å². The maximum Gasteiger partial charge on any atom is 0.372 e. The molecule has 0 radical (unpaired) electrons. The van der Waals surface area contributed by atoms with Crippen molar-refractivity contribution in [1.29, 1.82) is 0 Å². The second-order valence-electron chi connectivity index (χ2n) is 6.14. The molecule has 27 heavy (non-hydrogen) atoms. The van der Waals surface area contributed by atoms with Crippen LogP contribution in [0, 0.1) is 6.92 Å². The molecule has 0 amide bonds. The molecule has 0 bridgehead atoms.